The summed E-state index contributed by atoms with van der Waals surface area (Å²) in [6.07, 6.45) is 9.05. The average molecular weight is 276 g/mol. The fourth-order valence-electron chi connectivity index (χ4n) is 1.89. The van der Waals surface area contributed by atoms with E-state index in [9.17, 15) is 0 Å². The van der Waals surface area contributed by atoms with Gasteiger partial charge >= 0.3 is 0 Å². The van der Waals surface area contributed by atoms with Crippen molar-refractivity contribution in [3.05, 3.63) is 40.6 Å². The smallest absolute Gasteiger partial charge is 0.166 e. The molecule has 2 aromatic heterocycles. The standard InChI is InChI=1S/C14H20N4S/c1-4-5-6-13-12(7-10-19-13)14(16-17(2)3)18-9-8-15-11-18/h7-11H,4-6H2,1-3H3. The lowest BCUT2D eigenvalue weighted by Gasteiger charge is -2.12. The molecule has 0 unspecified atom stereocenters. The molecule has 2 rings (SSSR count). The fourth-order valence-corrected chi connectivity index (χ4v) is 2.81. The Balaban J connectivity index is 2.37. The molecule has 4 nitrogen and oxygen atoms in total. The number of rotatable bonds is 5. The maximum Gasteiger partial charge on any atom is 0.166 e. The lowest BCUT2D eigenvalue weighted by atomic mass is 10.1. The van der Waals surface area contributed by atoms with Crippen molar-refractivity contribution in [3.63, 3.8) is 0 Å². The molecule has 0 fully saturated rings. The zero-order valence-electron chi connectivity index (χ0n) is 11.7. The van der Waals surface area contributed by atoms with Gasteiger partial charge in [0.2, 0.25) is 0 Å². The number of hydrogen-bond donors (Lipinski definition) is 0. The van der Waals surface area contributed by atoms with Crippen LogP contribution in [-0.2, 0) is 6.42 Å². The maximum atomic E-state index is 4.61. The van der Waals surface area contributed by atoms with Gasteiger partial charge in [0.15, 0.2) is 5.84 Å². The quantitative estimate of drug-likeness (QED) is 0.478. The van der Waals surface area contributed by atoms with Crippen LogP contribution in [0.3, 0.4) is 0 Å². The van der Waals surface area contributed by atoms with Gasteiger partial charge in [-0.15, -0.1) is 11.3 Å². The molecule has 0 aromatic carbocycles. The zero-order valence-corrected chi connectivity index (χ0v) is 12.5. The van der Waals surface area contributed by atoms with Gasteiger partial charge in [-0.2, -0.15) is 5.10 Å². The molecule has 0 atom stereocenters. The lowest BCUT2D eigenvalue weighted by molar-refractivity contribution is 0.435. The molecule has 0 saturated carbocycles. The van der Waals surface area contributed by atoms with Gasteiger partial charge in [-0.05, 0) is 24.3 Å². The van der Waals surface area contributed by atoms with E-state index in [1.165, 1.54) is 23.3 Å². The maximum absolute atomic E-state index is 4.61. The highest BCUT2D eigenvalue weighted by Crippen LogP contribution is 2.21. The first-order valence-electron chi connectivity index (χ1n) is 6.53. The lowest BCUT2D eigenvalue weighted by Crippen LogP contribution is -2.17. The number of hydrazone groups is 1. The monoisotopic (exact) mass is 276 g/mol. The summed E-state index contributed by atoms with van der Waals surface area (Å²) in [4.78, 5) is 5.52. The Bertz CT molecular complexity index is 525. The highest BCUT2D eigenvalue weighted by molar-refractivity contribution is 7.10. The molecular formula is C14H20N4S. The second kappa shape index (κ2) is 6.52. The molecule has 0 aliphatic heterocycles. The molecule has 0 saturated heterocycles. The van der Waals surface area contributed by atoms with Gasteiger partial charge in [-0.3, -0.25) is 4.57 Å². The van der Waals surface area contributed by atoms with Crippen LogP contribution in [0.15, 0.2) is 35.3 Å². The van der Waals surface area contributed by atoms with Crippen LogP contribution in [0, 0.1) is 0 Å². The molecule has 2 heterocycles. The van der Waals surface area contributed by atoms with E-state index >= 15 is 0 Å². The topological polar surface area (TPSA) is 33.4 Å². The van der Waals surface area contributed by atoms with Gasteiger partial charge < -0.3 is 5.01 Å². The SMILES string of the molecule is CCCCc1sccc1C(=NN(C)C)n1ccnc1. The summed E-state index contributed by atoms with van der Waals surface area (Å²) in [7, 11) is 3.88. The molecule has 5 heteroatoms. The van der Waals surface area contributed by atoms with Gasteiger partial charge in [0.1, 0.15) is 6.33 Å². The summed E-state index contributed by atoms with van der Waals surface area (Å²) in [6.45, 7) is 2.22. The van der Waals surface area contributed by atoms with Crippen molar-refractivity contribution in [2.45, 2.75) is 26.2 Å². The number of unbranched alkanes of at least 4 members (excludes halogenated alkanes) is 1. The first kappa shape index (κ1) is 13.8. The number of nitrogens with zero attached hydrogens (tertiary/aromatic N) is 4. The van der Waals surface area contributed by atoms with Gasteiger partial charge in [0.05, 0.1) is 0 Å². The van der Waals surface area contributed by atoms with Crippen LogP contribution in [0.25, 0.3) is 0 Å². The van der Waals surface area contributed by atoms with E-state index in [1.54, 1.807) is 12.5 Å². The van der Waals surface area contributed by atoms with Crippen LogP contribution in [0.4, 0.5) is 0 Å². The van der Waals surface area contributed by atoms with Crippen LogP contribution in [0.2, 0.25) is 0 Å². The third-order valence-electron chi connectivity index (χ3n) is 2.79. The van der Waals surface area contributed by atoms with Crippen molar-refractivity contribution in [2.75, 3.05) is 14.1 Å². The van der Waals surface area contributed by atoms with Gasteiger partial charge in [0.25, 0.3) is 0 Å². The first-order valence-corrected chi connectivity index (χ1v) is 7.41. The number of aryl methyl sites for hydroxylation is 1. The molecule has 0 amide bonds. The van der Waals surface area contributed by atoms with Crippen molar-refractivity contribution in [2.24, 2.45) is 5.10 Å². The number of aromatic nitrogens is 2. The van der Waals surface area contributed by atoms with Gasteiger partial charge in [-0.25, -0.2) is 4.98 Å². The van der Waals surface area contributed by atoms with E-state index in [-0.39, 0.29) is 0 Å². The van der Waals surface area contributed by atoms with Crippen LogP contribution >= 0.6 is 11.3 Å². The molecule has 102 valence electrons. The van der Waals surface area contributed by atoms with E-state index in [0.29, 0.717) is 0 Å². The van der Waals surface area contributed by atoms with Crippen LogP contribution < -0.4 is 0 Å². The molecule has 0 N–H and O–H groups in total. The highest BCUT2D eigenvalue weighted by Gasteiger charge is 2.13. The Morgan fingerprint density at radius 3 is 2.95 bits per heavy atom. The largest absolute Gasteiger partial charge is 0.301 e. The molecular weight excluding hydrogens is 256 g/mol. The normalized spacial score (nSPS) is 11.8. The minimum Gasteiger partial charge on any atom is -0.301 e. The second-order valence-electron chi connectivity index (χ2n) is 4.60. The third kappa shape index (κ3) is 3.44. The Kier molecular flexibility index (Phi) is 4.74. The molecule has 0 radical (unpaired) electrons. The molecule has 0 aliphatic rings. The van der Waals surface area contributed by atoms with E-state index in [1.807, 2.05) is 41.2 Å². The van der Waals surface area contributed by atoms with E-state index in [2.05, 4.69) is 28.5 Å². The molecule has 0 spiro atoms. The summed E-state index contributed by atoms with van der Waals surface area (Å²) in [5.41, 5.74) is 1.21. The second-order valence-corrected chi connectivity index (χ2v) is 5.60. The minimum absolute atomic E-state index is 0.940. The Morgan fingerprint density at radius 1 is 1.47 bits per heavy atom. The minimum atomic E-state index is 0.940. The molecule has 0 aliphatic carbocycles. The third-order valence-corrected chi connectivity index (χ3v) is 3.77. The summed E-state index contributed by atoms with van der Waals surface area (Å²) >= 11 is 1.81. The van der Waals surface area contributed by atoms with E-state index in [4.69, 9.17) is 0 Å². The summed E-state index contributed by atoms with van der Waals surface area (Å²) in [5.74, 6) is 0.940. The number of hydrogen-bond acceptors (Lipinski definition) is 4. The summed E-state index contributed by atoms with van der Waals surface area (Å²) < 4.78 is 1.97. The Hall–Kier alpha value is -1.62. The van der Waals surface area contributed by atoms with Crippen molar-refractivity contribution in [1.29, 1.82) is 0 Å². The summed E-state index contributed by atoms with van der Waals surface area (Å²) in [5, 5.41) is 8.58. The first-order chi connectivity index (χ1) is 9.22. The average Bonchev–Trinajstić information content (AvgIpc) is 3.04. The highest BCUT2D eigenvalue weighted by atomic mass is 32.1. The predicted molar refractivity (Wildman–Crippen MR) is 80.8 cm³/mol. The van der Waals surface area contributed by atoms with Crippen LogP contribution in [0.5, 0.6) is 0 Å². The summed E-state index contributed by atoms with van der Waals surface area (Å²) in [6, 6.07) is 2.15. The van der Waals surface area contributed by atoms with Gasteiger partial charge in [0, 0.05) is 36.9 Å². The number of imidazole rings is 1. The fraction of sp³-hybridized carbons (Fsp3) is 0.429. The Labute approximate surface area is 118 Å². The Morgan fingerprint density at radius 2 is 2.32 bits per heavy atom. The van der Waals surface area contributed by atoms with Crippen LogP contribution in [0.1, 0.15) is 30.2 Å². The van der Waals surface area contributed by atoms with Gasteiger partial charge in [-0.1, -0.05) is 13.3 Å². The molecule has 19 heavy (non-hydrogen) atoms. The van der Waals surface area contributed by atoms with Crippen molar-refractivity contribution < 1.29 is 0 Å². The van der Waals surface area contributed by atoms with Crippen molar-refractivity contribution in [3.8, 4) is 0 Å². The van der Waals surface area contributed by atoms with Crippen molar-refractivity contribution >= 4 is 17.2 Å². The predicted octanol–water partition coefficient (Wildman–Crippen LogP) is 3.06. The number of thiophene rings is 1. The molecule has 2 aromatic rings. The van der Waals surface area contributed by atoms with E-state index < -0.39 is 0 Å². The van der Waals surface area contributed by atoms with Crippen LogP contribution in [-0.4, -0.2) is 34.5 Å². The molecule has 0 bridgehead atoms. The zero-order chi connectivity index (χ0) is 13.7. The van der Waals surface area contributed by atoms with Crippen molar-refractivity contribution in [1.82, 2.24) is 14.6 Å². The van der Waals surface area contributed by atoms with E-state index in [0.717, 1.165) is 12.3 Å².